The monoisotopic (exact) mass is 404 g/mol. The van der Waals surface area contributed by atoms with Crippen molar-refractivity contribution in [3.05, 3.63) is 102 Å². The number of amides is 1. The Morgan fingerprint density at radius 3 is 2.10 bits per heavy atom. The molecule has 0 saturated carbocycles. The predicted octanol–water partition coefficient (Wildman–Crippen LogP) is 2.54. The van der Waals surface area contributed by atoms with E-state index >= 15 is 0 Å². The number of benzene rings is 3. The number of carboxylic acid groups (broad SMARTS) is 1. The Morgan fingerprint density at radius 1 is 0.933 bits per heavy atom. The Morgan fingerprint density at radius 2 is 1.53 bits per heavy atom. The quantitative estimate of drug-likeness (QED) is 0.395. The number of aliphatic carboxylic acids is 1. The highest BCUT2D eigenvalue weighted by Gasteiger charge is 2.39. The van der Waals surface area contributed by atoms with E-state index in [0.717, 1.165) is 0 Å². The maximum absolute atomic E-state index is 12.9. The van der Waals surface area contributed by atoms with Crippen LogP contribution in [0.15, 0.2) is 90.0 Å². The number of nitrogens with zero attached hydrogens (tertiary/aromatic N) is 1. The van der Waals surface area contributed by atoms with Crippen LogP contribution in [-0.2, 0) is 15.2 Å². The Labute approximate surface area is 173 Å². The molecule has 0 saturated heterocycles. The van der Waals surface area contributed by atoms with Gasteiger partial charge in [0.2, 0.25) is 0 Å². The fourth-order valence-electron chi connectivity index (χ4n) is 2.86. The molecule has 3 N–H and O–H groups in total. The number of hydrogen-bond acceptors (Lipinski definition) is 5. The summed E-state index contributed by atoms with van der Waals surface area (Å²) in [6.45, 7) is -0.460. The lowest BCUT2D eigenvalue weighted by molar-refractivity contribution is -0.139. The molecule has 0 radical (unpaired) electrons. The van der Waals surface area contributed by atoms with Crippen LogP contribution >= 0.6 is 0 Å². The summed E-state index contributed by atoms with van der Waals surface area (Å²) in [6, 6.07) is 23.8. The molecule has 152 valence electrons. The van der Waals surface area contributed by atoms with Crippen LogP contribution in [0.2, 0.25) is 0 Å². The van der Waals surface area contributed by atoms with Gasteiger partial charge in [-0.15, -0.1) is 0 Å². The molecule has 0 bridgehead atoms. The number of hydrogen-bond donors (Lipinski definition) is 3. The lowest BCUT2D eigenvalue weighted by Gasteiger charge is -2.27. The molecule has 3 aromatic carbocycles. The highest BCUT2D eigenvalue weighted by molar-refractivity contribution is 5.91. The van der Waals surface area contributed by atoms with Crippen LogP contribution in [0.5, 0.6) is 5.75 Å². The van der Waals surface area contributed by atoms with Gasteiger partial charge in [0.1, 0.15) is 5.75 Å². The summed E-state index contributed by atoms with van der Waals surface area (Å²) < 4.78 is 5.12. The van der Waals surface area contributed by atoms with Gasteiger partial charge < -0.3 is 14.9 Å². The maximum Gasteiger partial charge on any atom is 0.341 e. The first kappa shape index (κ1) is 20.8. The topological polar surface area (TPSA) is 108 Å². The molecule has 3 aromatic rings. The van der Waals surface area contributed by atoms with Crippen molar-refractivity contribution in [1.29, 1.82) is 0 Å². The van der Waals surface area contributed by atoms with Crippen LogP contribution in [0.3, 0.4) is 0 Å². The standard InChI is InChI=1S/C23H20N2O5/c26-21(27)16-30-20-13-7-8-17(14-20)15-24-25-22(28)23(29,18-9-3-1-4-10-18)19-11-5-2-6-12-19/h1-15,29H,16H2,(H,25,28)(H,26,27)/b24-15-. The zero-order chi connectivity index (χ0) is 21.4. The van der Waals surface area contributed by atoms with Crippen molar-refractivity contribution in [3.63, 3.8) is 0 Å². The second-order valence-corrected chi connectivity index (χ2v) is 6.40. The van der Waals surface area contributed by atoms with Gasteiger partial charge in [-0.3, -0.25) is 4.79 Å². The number of hydrazone groups is 1. The van der Waals surface area contributed by atoms with Gasteiger partial charge in [-0.25, -0.2) is 10.2 Å². The first-order chi connectivity index (χ1) is 14.5. The Bertz CT molecular complexity index is 996. The second-order valence-electron chi connectivity index (χ2n) is 6.40. The van der Waals surface area contributed by atoms with E-state index in [1.54, 1.807) is 84.9 Å². The molecular formula is C23H20N2O5. The maximum atomic E-state index is 12.9. The molecular weight excluding hydrogens is 384 g/mol. The number of carbonyl (C=O) groups is 2. The third kappa shape index (κ3) is 4.89. The van der Waals surface area contributed by atoms with Gasteiger partial charge in [-0.2, -0.15) is 5.10 Å². The molecule has 0 aliphatic rings. The minimum absolute atomic E-state index is 0.359. The highest BCUT2D eigenvalue weighted by Crippen LogP contribution is 2.29. The van der Waals surface area contributed by atoms with E-state index in [1.165, 1.54) is 6.21 Å². The Balaban J connectivity index is 1.79. The Kier molecular flexibility index (Phi) is 6.56. The molecule has 30 heavy (non-hydrogen) atoms. The molecule has 0 aliphatic heterocycles. The molecule has 0 heterocycles. The number of aliphatic hydroxyl groups is 1. The lowest BCUT2D eigenvalue weighted by Crippen LogP contribution is -2.43. The number of carboxylic acids is 1. The van der Waals surface area contributed by atoms with Gasteiger partial charge in [-0.1, -0.05) is 72.8 Å². The zero-order valence-electron chi connectivity index (χ0n) is 15.9. The molecule has 0 aromatic heterocycles. The third-order valence-corrected chi connectivity index (χ3v) is 4.31. The van der Waals surface area contributed by atoms with Crippen LogP contribution in [0.4, 0.5) is 0 Å². The van der Waals surface area contributed by atoms with Crippen LogP contribution in [0.25, 0.3) is 0 Å². The summed E-state index contributed by atoms with van der Waals surface area (Å²) in [6.07, 6.45) is 1.38. The smallest absolute Gasteiger partial charge is 0.341 e. The first-order valence-corrected chi connectivity index (χ1v) is 9.12. The molecule has 0 fully saturated rings. The van der Waals surface area contributed by atoms with Crippen molar-refractivity contribution < 1.29 is 24.5 Å². The summed E-state index contributed by atoms with van der Waals surface area (Å²) in [4.78, 5) is 23.5. The van der Waals surface area contributed by atoms with Gasteiger partial charge in [0, 0.05) is 0 Å². The second kappa shape index (κ2) is 9.49. The molecule has 1 amide bonds. The van der Waals surface area contributed by atoms with E-state index in [1.807, 2.05) is 0 Å². The molecule has 7 heteroatoms. The molecule has 0 unspecified atom stereocenters. The zero-order valence-corrected chi connectivity index (χ0v) is 15.9. The molecule has 0 atom stereocenters. The van der Waals surface area contributed by atoms with E-state index in [0.29, 0.717) is 22.4 Å². The van der Waals surface area contributed by atoms with Crippen molar-refractivity contribution in [2.24, 2.45) is 5.10 Å². The fraction of sp³-hybridized carbons (Fsp3) is 0.0870. The molecule has 0 spiro atoms. The van der Waals surface area contributed by atoms with Gasteiger partial charge in [-0.05, 0) is 28.8 Å². The number of rotatable bonds is 8. The van der Waals surface area contributed by atoms with Gasteiger partial charge in [0.25, 0.3) is 5.91 Å². The van der Waals surface area contributed by atoms with Gasteiger partial charge in [0.15, 0.2) is 12.2 Å². The van der Waals surface area contributed by atoms with E-state index < -0.39 is 24.1 Å². The van der Waals surface area contributed by atoms with Crippen molar-refractivity contribution in [2.45, 2.75) is 5.60 Å². The first-order valence-electron chi connectivity index (χ1n) is 9.12. The minimum atomic E-state index is -1.92. The van der Waals surface area contributed by atoms with Crippen molar-refractivity contribution in [3.8, 4) is 5.75 Å². The molecule has 3 rings (SSSR count). The van der Waals surface area contributed by atoms with E-state index in [2.05, 4.69) is 10.5 Å². The summed E-state index contributed by atoms with van der Waals surface area (Å²) >= 11 is 0. The Hall–Kier alpha value is -3.97. The third-order valence-electron chi connectivity index (χ3n) is 4.31. The summed E-state index contributed by atoms with van der Waals surface area (Å²) in [5.74, 6) is -1.44. The minimum Gasteiger partial charge on any atom is -0.482 e. The van der Waals surface area contributed by atoms with Crippen LogP contribution in [0, 0.1) is 0 Å². The van der Waals surface area contributed by atoms with Crippen LogP contribution in [-0.4, -0.2) is 34.9 Å². The van der Waals surface area contributed by atoms with Gasteiger partial charge >= 0.3 is 5.97 Å². The van der Waals surface area contributed by atoms with Crippen LogP contribution in [0.1, 0.15) is 16.7 Å². The summed E-state index contributed by atoms with van der Waals surface area (Å²) in [5.41, 5.74) is 1.86. The van der Waals surface area contributed by atoms with E-state index in [9.17, 15) is 14.7 Å². The van der Waals surface area contributed by atoms with Crippen molar-refractivity contribution in [1.82, 2.24) is 5.43 Å². The predicted molar refractivity (Wildman–Crippen MR) is 111 cm³/mol. The average molecular weight is 404 g/mol. The van der Waals surface area contributed by atoms with E-state index in [4.69, 9.17) is 9.84 Å². The van der Waals surface area contributed by atoms with Crippen LogP contribution < -0.4 is 10.2 Å². The molecule has 0 aliphatic carbocycles. The number of carbonyl (C=O) groups excluding carboxylic acids is 1. The highest BCUT2D eigenvalue weighted by atomic mass is 16.5. The lowest BCUT2D eigenvalue weighted by atomic mass is 9.85. The van der Waals surface area contributed by atoms with Crippen molar-refractivity contribution in [2.75, 3.05) is 6.61 Å². The van der Waals surface area contributed by atoms with Gasteiger partial charge in [0.05, 0.1) is 6.21 Å². The number of nitrogens with one attached hydrogen (secondary N) is 1. The normalized spacial score (nSPS) is 11.2. The van der Waals surface area contributed by atoms with E-state index in [-0.39, 0.29) is 0 Å². The fourth-order valence-corrected chi connectivity index (χ4v) is 2.86. The van der Waals surface area contributed by atoms with Crippen molar-refractivity contribution >= 4 is 18.1 Å². The number of ether oxygens (including phenoxy) is 1. The largest absolute Gasteiger partial charge is 0.482 e. The molecule has 7 nitrogen and oxygen atoms in total. The summed E-state index contributed by atoms with van der Waals surface area (Å²) in [5, 5.41) is 24.0. The SMILES string of the molecule is O=C(O)COc1cccc(/C=N\NC(=O)C(O)(c2ccccc2)c2ccccc2)c1. The average Bonchev–Trinajstić information content (AvgIpc) is 2.78. The summed E-state index contributed by atoms with van der Waals surface area (Å²) in [7, 11) is 0.